The van der Waals surface area contributed by atoms with Gasteiger partial charge in [-0.15, -0.1) is 0 Å². The summed E-state index contributed by atoms with van der Waals surface area (Å²) in [6.07, 6.45) is 0. The zero-order chi connectivity index (χ0) is 17.4. The molecule has 3 N–H and O–H groups in total. The van der Waals surface area contributed by atoms with Crippen LogP contribution in [0.5, 0.6) is 0 Å². The number of rotatable bonds is 12. The summed E-state index contributed by atoms with van der Waals surface area (Å²) in [6, 6.07) is 0. The van der Waals surface area contributed by atoms with E-state index >= 15 is 0 Å². The lowest BCUT2D eigenvalue weighted by molar-refractivity contribution is 0.0187. The van der Waals surface area contributed by atoms with Crippen LogP contribution < -0.4 is 0 Å². The molecule has 15 nitrogen and oxygen atoms in total. The van der Waals surface area contributed by atoms with E-state index in [1.54, 1.807) is 0 Å². The smallest absolute Gasteiger partial charge is 0.283 e. The minimum Gasteiger partial charge on any atom is -0.283 e. The topological polar surface area (TPSA) is 218 Å². The van der Waals surface area contributed by atoms with Crippen LogP contribution in [0.3, 0.4) is 0 Å². The first kappa shape index (κ1) is 21.9. The second-order valence-electron chi connectivity index (χ2n) is 2.60. The molecule has 0 saturated carbocycles. The summed E-state index contributed by atoms with van der Waals surface area (Å²) in [4.78, 5) is 0. The van der Waals surface area contributed by atoms with E-state index in [2.05, 4.69) is 26.1 Å². The molecular weight excluding hydrogens is 403 g/mol. The Kier molecular flexibility index (Phi) is 9.24. The van der Waals surface area contributed by atoms with Crippen LogP contribution in [-0.2, 0) is 57.3 Å². The largest absolute Gasteiger partial charge is 0.399 e. The van der Waals surface area contributed by atoms with Crippen molar-refractivity contribution in [3.63, 3.8) is 0 Å². The van der Waals surface area contributed by atoms with Crippen molar-refractivity contribution in [1.82, 2.24) is 0 Å². The standard InChI is InChI=1S/C3H9O15PS3/c4-20(5,6)16-1-13-19(14-2-17-21(7,8)9)15-3-18-22(10,11)12/h1-3H2,(H,4,5,6)(H,7,8,9)(H,10,11,12). The van der Waals surface area contributed by atoms with Gasteiger partial charge in [-0.2, -0.15) is 25.3 Å². The summed E-state index contributed by atoms with van der Waals surface area (Å²) >= 11 is 0. The molecule has 0 saturated heterocycles. The van der Waals surface area contributed by atoms with Gasteiger partial charge in [-0.1, -0.05) is 0 Å². The molecule has 0 aliphatic carbocycles. The second kappa shape index (κ2) is 9.27. The SMILES string of the molecule is O=S(=O)(O)OCOP(OCOS(=O)(=O)O)OCOS(=O)(=O)O. The van der Waals surface area contributed by atoms with Gasteiger partial charge in [0.15, 0.2) is 20.4 Å². The Morgan fingerprint density at radius 3 is 1.00 bits per heavy atom. The van der Waals surface area contributed by atoms with Crippen LogP contribution in [0.2, 0.25) is 0 Å². The molecule has 0 aromatic rings. The summed E-state index contributed by atoms with van der Waals surface area (Å²) in [5.41, 5.74) is 0. The molecule has 0 aromatic carbocycles. The Hall–Kier alpha value is -0.0800. The van der Waals surface area contributed by atoms with E-state index in [1.165, 1.54) is 0 Å². The monoisotopic (exact) mass is 412 g/mol. The summed E-state index contributed by atoms with van der Waals surface area (Å²) < 4.78 is 110. The van der Waals surface area contributed by atoms with Crippen LogP contribution in [0.15, 0.2) is 0 Å². The van der Waals surface area contributed by atoms with E-state index in [1.807, 2.05) is 0 Å². The van der Waals surface area contributed by atoms with Crippen molar-refractivity contribution in [2.45, 2.75) is 0 Å². The van der Waals surface area contributed by atoms with Crippen molar-refractivity contribution in [2.75, 3.05) is 20.4 Å². The van der Waals surface area contributed by atoms with Crippen LogP contribution in [0.1, 0.15) is 0 Å². The van der Waals surface area contributed by atoms with Crippen LogP contribution in [0.4, 0.5) is 0 Å². The second-order valence-corrected chi connectivity index (χ2v) is 7.10. The highest BCUT2D eigenvalue weighted by Gasteiger charge is 2.18. The van der Waals surface area contributed by atoms with Gasteiger partial charge in [0.2, 0.25) is 0 Å². The third kappa shape index (κ3) is 16.3. The minimum atomic E-state index is -4.87. The Morgan fingerprint density at radius 1 is 0.591 bits per heavy atom. The minimum absolute atomic E-state index is 1.18. The lowest BCUT2D eigenvalue weighted by Crippen LogP contribution is -2.11. The van der Waals surface area contributed by atoms with E-state index in [-0.39, 0.29) is 0 Å². The van der Waals surface area contributed by atoms with Crippen LogP contribution in [0, 0.1) is 0 Å². The molecule has 0 fully saturated rings. The predicted octanol–water partition coefficient (Wildman–Crippen LogP) is -1.41. The lowest BCUT2D eigenvalue weighted by Gasteiger charge is -2.14. The molecule has 134 valence electrons. The fourth-order valence-corrected chi connectivity index (χ4v) is 1.85. The average molecular weight is 412 g/mol. The fourth-order valence-electron chi connectivity index (χ4n) is 0.488. The van der Waals surface area contributed by atoms with Crippen molar-refractivity contribution in [3.8, 4) is 0 Å². The maximum atomic E-state index is 10.2. The normalized spacial score (nSPS) is 13.6. The van der Waals surface area contributed by atoms with Crippen molar-refractivity contribution in [1.29, 1.82) is 0 Å². The van der Waals surface area contributed by atoms with Crippen LogP contribution in [0.25, 0.3) is 0 Å². The summed E-state index contributed by atoms with van der Waals surface area (Å²) in [7, 11) is -17.3. The number of hydrogen-bond acceptors (Lipinski definition) is 12. The maximum Gasteiger partial charge on any atom is 0.399 e. The fraction of sp³-hybridized carbons (Fsp3) is 1.00. The third-order valence-electron chi connectivity index (χ3n) is 1.07. The lowest BCUT2D eigenvalue weighted by atomic mass is 11.6. The molecular formula is C3H9O15PS3. The predicted molar refractivity (Wildman–Crippen MR) is 62.7 cm³/mol. The Bertz CT molecular complexity index is 527. The van der Waals surface area contributed by atoms with Gasteiger partial charge >= 0.3 is 39.8 Å². The van der Waals surface area contributed by atoms with Crippen molar-refractivity contribution in [3.05, 3.63) is 0 Å². The molecule has 0 aliphatic rings. The Balaban J connectivity index is 4.35. The average Bonchev–Trinajstić information content (AvgIpc) is 2.23. The van der Waals surface area contributed by atoms with Gasteiger partial charge in [0.25, 0.3) is 0 Å². The zero-order valence-corrected chi connectivity index (χ0v) is 13.4. The molecule has 0 aromatic heterocycles. The van der Waals surface area contributed by atoms with Gasteiger partial charge in [-0.25, -0.2) is 12.5 Å². The van der Waals surface area contributed by atoms with Gasteiger partial charge in [0, 0.05) is 0 Å². The van der Waals surface area contributed by atoms with E-state index in [4.69, 9.17) is 13.7 Å². The molecule has 19 heteroatoms. The van der Waals surface area contributed by atoms with Gasteiger partial charge in [0.1, 0.15) is 0 Å². The quantitative estimate of drug-likeness (QED) is 0.190. The molecule has 0 atom stereocenters. The van der Waals surface area contributed by atoms with Crippen molar-refractivity contribution >= 4 is 39.8 Å². The highest BCUT2D eigenvalue weighted by molar-refractivity contribution is 7.81. The first-order valence-corrected chi connectivity index (χ1v) is 9.52. The molecule has 0 aliphatic heterocycles. The van der Waals surface area contributed by atoms with Crippen molar-refractivity contribution in [2.24, 2.45) is 0 Å². The molecule has 22 heavy (non-hydrogen) atoms. The van der Waals surface area contributed by atoms with E-state index < -0.39 is 60.2 Å². The molecule has 0 rings (SSSR count). The van der Waals surface area contributed by atoms with Gasteiger partial charge in [-0.05, 0) is 0 Å². The van der Waals surface area contributed by atoms with E-state index in [9.17, 15) is 25.3 Å². The molecule has 0 heterocycles. The highest BCUT2D eigenvalue weighted by Crippen LogP contribution is 2.39. The summed E-state index contributed by atoms with van der Waals surface area (Å²) in [5, 5.41) is 0. The van der Waals surface area contributed by atoms with Gasteiger partial charge < -0.3 is 0 Å². The van der Waals surface area contributed by atoms with Crippen LogP contribution in [-0.4, -0.2) is 59.3 Å². The molecule has 0 spiro atoms. The molecule has 0 unspecified atom stereocenters. The first-order valence-electron chi connectivity index (χ1n) is 4.33. The summed E-state index contributed by atoms with van der Waals surface area (Å²) in [5.74, 6) is 0. The van der Waals surface area contributed by atoms with Crippen molar-refractivity contribution < 1.29 is 65.0 Å². The molecule has 0 amide bonds. The Morgan fingerprint density at radius 2 is 0.818 bits per heavy atom. The van der Waals surface area contributed by atoms with Crippen LogP contribution >= 0.6 is 8.60 Å². The van der Waals surface area contributed by atoms with E-state index in [0.29, 0.717) is 0 Å². The molecule has 0 radical (unpaired) electrons. The number of hydrogen-bond donors (Lipinski definition) is 3. The first-order chi connectivity index (χ1) is 9.79. The summed E-state index contributed by atoms with van der Waals surface area (Å²) in [6.45, 7) is -3.53. The molecule has 0 bridgehead atoms. The Labute approximate surface area is 125 Å². The van der Waals surface area contributed by atoms with E-state index in [0.717, 1.165) is 0 Å². The highest BCUT2D eigenvalue weighted by atomic mass is 32.3. The third-order valence-corrected chi connectivity index (χ3v) is 3.20. The van der Waals surface area contributed by atoms with Gasteiger partial charge in [-0.3, -0.25) is 27.2 Å². The van der Waals surface area contributed by atoms with Gasteiger partial charge in [0.05, 0.1) is 0 Å². The maximum absolute atomic E-state index is 10.2. The zero-order valence-electron chi connectivity index (χ0n) is 10.0.